The van der Waals surface area contributed by atoms with E-state index in [4.69, 9.17) is 9.47 Å². The number of hydrogen-bond donors (Lipinski definition) is 1. The first-order chi connectivity index (χ1) is 10.7. The highest BCUT2D eigenvalue weighted by atomic mass is 16.5. The number of benzene rings is 2. The van der Waals surface area contributed by atoms with E-state index in [0.29, 0.717) is 6.61 Å². The van der Waals surface area contributed by atoms with E-state index in [1.165, 1.54) is 22.3 Å². The van der Waals surface area contributed by atoms with Gasteiger partial charge in [0.05, 0.1) is 19.8 Å². The topological polar surface area (TPSA) is 30.5 Å². The monoisotopic (exact) mass is 297 g/mol. The van der Waals surface area contributed by atoms with Crippen LogP contribution in [0.5, 0.6) is 11.5 Å². The van der Waals surface area contributed by atoms with Crippen molar-refractivity contribution in [3.63, 3.8) is 0 Å². The van der Waals surface area contributed by atoms with E-state index in [0.717, 1.165) is 24.5 Å². The molecule has 0 spiro atoms. The molecule has 0 amide bonds. The maximum Gasteiger partial charge on any atom is 0.119 e. The molecular weight excluding hydrogens is 274 g/mol. The molecule has 1 aliphatic heterocycles. The molecule has 116 valence electrons. The Bertz CT molecular complexity index is 666. The highest BCUT2D eigenvalue weighted by molar-refractivity contribution is 5.46. The lowest BCUT2D eigenvalue weighted by Crippen LogP contribution is -2.30. The molecule has 3 rings (SSSR count). The van der Waals surface area contributed by atoms with E-state index in [9.17, 15) is 0 Å². The largest absolute Gasteiger partial charge is 0.497 e. The van der Waals surface area contributed by atoms with Crippen molar-refractivity contribution in [2.24, 2.45) is 0 Å². The second kappa shape index (κ2) is 6.41. The summed E-state index contributed by atoms with van der Waals surface area (Å²) in [5.74, 6) is 1.87. The van der Waals surface area contributed by atoms with Crippen molar-refractivity contribution in [1.82, 2.24) is 5.32 Å². The predicted octanol–water partition coefficient (Wildman–Crippen LogP) is 3.64. The third-order valence-corrected chi connectivity index (χ3v) is 4.12. The van der Waals surface area contributed by atoms with Gasteiger partial charge in [-0.15, -0.1) is 0 Å². The highest BCUT2D eigenvalue weighted by Gasteiger charge is 2.22. The molecule has 1 heterocycles. The van der Waals surface area contributed by atoms with Crippen LogP contribution in [0.2, 0.25) is 0 Å². The fourth-order valence-corrected chi connectivity index (χ4v) is 3.16. The molecule has 0 fully saturated rings. The van der Waals surface area contributed by atoms with E-state index in [2.05, 4.69) is 48.6 Å². The van der Waals surface area contributed by atoms with Crippen molar-refractivity contribution >= 4 is 0 Å². The summed E-state index contributed by atoms with van der Waals surface area (Å²) in [6.45, 7) is 5.80. The van der Waals surface area contributed by atoms with Crippen molar-refractivity contribution in [2.45, 2.75) is 26.3 Å². The molecular formula is C19H23NO2. The SMILES string of the molecule is CCOc1ccc2c(c1)CCNC2c1cc(C)cc(OC)c1. The molecule has 2 aromatic rings. The van der Waals surface area contributed by atoms with Gasteiger partial charge in [-0.25, -0.2) is 0 Å². The lowest BCUT2D eigenvalue weighted by atomic mass is 9.89. The molecule has 3 nitrogen and oxygen atoms in total. The summed E-state index contributed by atoms with van der Waals surface area (Å²) in [6.07, 6.45) is 1.04. The van der Waals surface area contributed by atoms with E-state index in [1.54, 1.807) is 7.11 Å². The Morgan fingerprint density at radius 1 is 1.14 bits per heavy atom. The van der Waals surface area contributed by atoms with Crippen LogP contribution in [0.1, 0.15) is 35.2 Å². The quantitative estimate of drug-likeness (QED) is 0.934. The molecule has 3 heteroatoms. The van der Waals surface area contributed by atoms with Crippen LogP contribution in [0.15, 0.2) is 36.4 Å². The predicted molar refractivity (Wildman–Crippen MR) is 88.9 cm³/mol. The van der Waals surface area contributed by atoms with Gasteiger partial charge in [0.25, 0.3) is 0 Å². The van der Waals surface area contributed by atoms with Gasteiger partial charge in [-0.2, -0.15) is 0 Å². The van der Waals surface area contributed by atoms with Crippen LogP contribution in [-0.2, 0) is 6.42 Å². The van der Waals surface area contributed by atoms with Gasteiger partial charge in [0.2, 0.25) is 0 Å². The van der Waals surface area contributed by atoms with Crippen LogP contribution in [0, 0.1) is 6.92 Å². The van der Waals surface area contributed by atoms with E-state index >= 15 is 0 Å². The Hall–Kier alpha value is -2.00. The smallest absolute Gasteiger partial charge is 0.119 e. The summed E-state index contributed by atoms with van der Waals surface area (Å²) < 4.78 is 11.0. The molecule has 1 atom stereocenters. The zero-order chi connectivity index (χ0) is 15.5. The number of fused-ring (bicyclic) bond motifs is 1. The Kier molecular flexibility index (Phi) is 4.34. The molecule has 0 aliphatic carbocycles. The number of aryl methyl sites for hydroxylation is 1. The second-order valence-corrected chi connectivity index (χ2v) is 5.71. The first kappa shape index (κ1) is 14.9. The fourth-order valence-electron chi connectivity index (χ4n) is 3.16. The van der Waals surface area contributed by atoms with Crippen LogP contribution in [0.4, 0.5) is 0 Å². The summed E-state index contributed by atoms with van der Waals surface area (Å²) in [4.78, 5) is 0. The second-order valence-electron chi connectivity index (χ2n) is 5.71. The third-order valence-electron chi connectivity index (χ3n) is 4.12. The lowest BCUT2D eigenvalue weighted by molar-refractivity contribution is 0.339. The van der Waals surface area contributed by atoms with Gasteiger partial charge in [0.15, 0.2) is 0 Å². The summed E-state index contributed by atoms with van der Waals surface area (Å²) in [6, 6.07) is 13.1. The van der Waals surface area contributed by atoms with Crippen molar-refractivity contribution in [3.8, 4) is 11.5 Å². The molecule has 0 aromatic heterocycles. The van der Waals surface area contributed by atoms with Gasteiger partial charge in [-0.05, 0) is 66.8 Å². The number of ether oxygens (including phenoxy) is 2. The van der Waals surface area contributed by atoms with Crippen LogP contribution in [0.3, 0.4) is 0 Å². The minimum absolute atomic E-state index is 0.216. The van der Waals surface area contributed by atoms with Gasteiger partial charge >= 0.3 is 0 Å². The van der Waals surface area contributed by atoms with Crippen LogP contribution in [-0.4, -0.2) is 20.3 Å². The average molecular weight is 297 g/mol. The summed E-state index contributed by atoms with van der Waals surface area (Å²) >= 11 is 0. The van der Waals surface area contributed by atoms with Crippen molar-refractivity contribution in [1.29, 1.82) is 0 Å². The zero-order valence-corrected chi connectivity index (χ0v) is 13.5. The Morgan fingerprint density at radius 3 is 2.77 bits per heavy atom. The molecule has 2 aromatic carbocycles. The Morgan fingerprint density at radius 2 is 2.00 bits per heavy atom. The molecule has 22 heavy (non-hydrogen) atoms. The fraction of sp³-hybridized carbons (Fsp3) is 0.368. The van der Waals surface area contributed by atoms with Gasteiger partial charge in [-0.3, -0.25) is 0 Å². The molecule has 0 saturated carbocycles. The number of hydrogen-bond acceptors (Lipinski definition) is 3. The Labute approximate surface area is 132 Å². The van der Waals surface area contributed by atoms with E-state index < -0.39 is 0 Å². The first-order valence-electron chi connectivity index (χ1n) is 7.86. The van der Waals surface area contributed by atoms with Gasteiger partial charge in [-0.1, -0.05) is 12.1 Å². The Balaban J connectivity index is 1.99. The lowest BCUT2D eigenvalue weighted by Gasteiger charge is -2.28. The summed E-state index contributed by atoms with van der Waals surface area (Å²) in [7, 11) is 1.72. The number of methoxy groups -OCH3 is 1. The van der Waals surface area contributed by atoms with Crippen molar-refractivity contribution in [2.75, 3.05) is 20.3 Å². The average Bonchev–Trinajstić information content (AvgIpc) is 2.53. The molecule has 0 radical (unpaired) electrons. The van der Waals surface area contributed by atoms with Crippen LogP contribution < -0.4 is 14.8 Å². The maximum absolute atomic E-state index is 5.63. The summed E-state index contributed by atoms with van der Waals surface area (Å²) in [5.41, 5.74) is 5.17. The van der Waals surface area contributed by atoms with Crippen LogP contribution >= 0.6 is 0 Å². The van der Waals surface area contributed by atoms with Crippen molar-refractivity contribution in [3.05, 3.63) is 58.7 Å². The standard InChI is InChI=1S/C19H23NO2/c1-4-22-16-5-6-18-14(11-16)7-8-20-19(18)15-9-13(2)10-17(12-15)21-3/h5-6,9-12,19-20H,4,7-8H2,1-3H3. The minimum Gasteiger partial charge on any atom is -0.497 e. The van der Waals surface area contributed by atoms with Crippen molar-refractivity contribution < 1.29 is 9.47 Å². The normalized spacial score (nSPS) is 17.0. The number of rotatable bonds is 4. The molecule has 0 bridgehead atoms. The van der Waals surface area contributed by atoms with Crippen LogP contribution in [0.25, 0.3) is 0 Å². The molecule has 1 N–H and O–H groups in total. The van der Waals surface area contributed by atoms with E-state index in [-0.39, 0.29) is 6.04 Å². The van der Waals surface area contributed by atoms with E-state index in [1.807, 2.05) is 6.92 Å². The first-order valence-corrected chi connectivity index (χ1v) is 7.86. The molecule has 1 unspecified atom stereocenters. The summed E-state index contributed by atoms with van der Waals surface area (Å²) in [5, 5.41) is 3.63. The van der Waals surface area contributed by atoms with Gasteiger partial charge in [0.1, 0.15) is 11.5 Å². The maximum atomic E-state index is 5.63. The number of nitrogens with one attached hydrogen (secondary N) is 1. The van der Waals surface area contributed by atoms with Gasteiger partial charge < -0.3 is 14.8 Å². The zero-order valence-electron chi connectivity index (χ0n) is 13.5. The molecule has 1 aliphatic rings. The minimum atomic E-state index is 0.216. The molecule has 0 saturated heterocycles. The third kappa shape index (κ3) is 2.95. The highest BCUT2D eigenvalue weighted by Crippen LogP contribution is 2.33. The van der Waals surface area contributed by atoms with Gasteiger partial charge in [0, 0.05) is 6.54 Å².